The maximum absolute atomic E-state index is 12.3. The van der Waals surface area contributed by atoms with Gasteiger partial charge >= 0.3 is 6.03 Å². The van der Waals surface area contributed by atoms with Crippen LogP contribution in [0.4, 0.5) is 16.2 Å². The molecular weight excluding hydrogens is 328 g/mol. The molecule has 1 atom stereocenters. The molecule has 24 heavy (non-hydrogen) atoms. The van der Waals surface area contributed by atoms with E-state index in [2.05, 4.69) is 15.6 Å². The highest BCUT2D eigenvalue weighted by atomic mass is 32.1. The standard InChI is InChI=1S/C16H18N4O3S/c1-9-15(21)19-13-6-11(4-5-14(13)23-9)18-16(22)20(3)8-12-7-17-10(2)24-12/h4-7,9H,8H2,1-3H3,(H,18,22)(H,19,21)/t9-/m0/s1. The van der Waals surface area contributed by atoms with E-state index in [0.29, 0.717) is 23.7 Å². The second kappa shape index (κ2) is 6.48. The van der Waals surface area contributed by atoms with Crippen LogP contribution in [0.1, 0.15) is 16.8 Å². The number of urea groups is 1. The van der Waals surface area contributed by atoms with E-state index in [-0.39, 0.29) is 11.9 Å². The fraction of sp³-hybridized carbons (Fsp3) is 0.312. The Kier molecular flexibility index (Phi) is 4.39. The Balaban J connectivity index is 1.66. The molecule has 0 fully saturated rings. The van der Waals surface area contributed by atoms with Gasteiger partial charge in [-0.3, -0.25) is 4.79 Å². The molecule has 1 aromatic carbocycles. The van der Waals surface area contributed by atoms with Gasteiger partial charge in [0.2, 0.25) is 0 Å². The van der Waals surface area contributed by atoms with Gasteiger partial charge in [-0.05, 0) is 32.0 Å². The molecule has 0 radical (unpaired) electrons. The van der Waals surface area contributed by atoms with Crippen molar-refractivity contribution in [2.45, 2.75) is 26.5 Å². The van der Waals surface area contributed by atoms with Gasteiger partial charge in [-0.25, -0.2) is 9.78 Å². The summed E-state index contributed by atoms with van der Waals surface area (Å²) in [6.45, 7) is 4.10. The number of aryl methyl sites for hydroxylation is 1. The zero-order valence-electron chi connectivity index (χ0n) is 13.6. The number of thiazole rings is 1. The predicted molar refractivity (Wildman–Crippen MR) is 92.5 cm³/mol. The molecule has 0 bridgehead atoms. The first-order valence-electron chi connectivity index (χ1n) is 7.47. The Morgan fingerprint density at radius 2 is 2.29 bits per heavy atom. The van der Waals surface area contributed by atoms with Gasteiger partial charge < -0.3 is 20.3 Å². The quantitative estimate of drug-likeness (QED) is 0.895. The molecule has 0 saturated heterocycles. The Labute approximate surface area is 143 Å². The second-order valence-electron chi connectivity index (χ2n) is 5.59. The number of anilines is 2. The molecule has 0 unspecified atom stereocenters. The molecule has 2 N–H and O–H groups in total. The van der Waals surface area contributed by atoms with Gasteiger partial charge in [0.05, 0.1) is 17.2 Å². The largest absolute Gasteiger partial charge is 0.479 e. The topological polar surface area (TPSA) is 83.6 Å². The number of nitrogens with one attached hydrogen (secondary N) is 2. The molecule has 8 heteroatoms. The average Bonchev–Trinajstić information content (AvgIpc) is 2.93. The molecular formula is C16H18N4O3S. The van der Waals surface area contributed by atoms with Crippen LogP contribution in [0.5, 0.6) is 5.75 Å². The fourth-order valence-corrected chi connectivity index (χ4v) is 3.14. The number of nitrogens with zero attached hydrogens (tertiary/aromatic N) is 2. The van der Waals surface area contributed by atoms with Gasteiger partial charge in [0.15, 0.2) is 6.10 Å². The van der Waals surface area contributed by atoms with Crippen LogP contribution in [-0.4, -0.2) is 35.0 Å². The Morgan fingerprint density at radius 1 is 1.50 bits per heavy atom. The summed E-state index contributed by atoms with van der Waals surface area (Å²) in [5.41, 5.74) is 1.14. The third-order valence-corrected chi connectivity index (χ3v) is 4.47. The average molecular weight is 346 g/mol. The maximum atomic E-state index is 12.3. The summed E-state index contributed by atoms with van der Waals surface area (Å²) < 4.78 is 5.49. The fourth-order valence-electron chi connectivity index (χ4n) is 2.29. The molecule has 126 valence electrons. The molecule has 0 aliphatic carbocycles. The van der Waals surface area contributed by atoms with Crippen LogP contribution in [0, 0.1) is 6.92 Å². The van der Waals surface area contributed by atoms with Crippen LogP contribution < -0.4 is 15.4 Å². The molecule has 7 nitrogen and oxygen atoms in total. The second-order valence-corrected chi connectivity index (χ2v) is 6.91. The summed E-state index contributed by atoms with van der Waals surface area (Å²) in [5, 5.41) is 6.54. The Bertz CT molecular complexity index is 789. The lowest BCUT2D eigenvalue weighted by molar-refractivity contribution is -0.122. The molecule has 3 rings (SSSR count). The number of ether oxygens (including phenoxy) is 1. The van der Waals surface area contributed by atoms with Crippen LogP contribution in [0.3, 0.4) is 0 Å². The zero-order valence-corrected chi connectivity index (χ0v) is 14.4. The van der Waals surface area contributed by atoms with Crippen LogP contribution in [0.15, 0.2) is 24.4 Å². The molecule has 1 aromatic heterocycles. The number of carbonyl (C=O) groups excluding carboxylic acids is 2. The first-order valence-corrected chi connectivity index (χ1v) is 8.29. The lowest BCUT2D eigenvalue weighted by atomic mass is 10.2. The van der Waals surface area contributed by atoms with Crippen LogP contribution in [0.25, 0.3) is 0 Å². The number of rotatable bonds is 3. The van der Waals surface area contributed by atoms with E-state index in [1.807, 2.05) is 6.92 Å². The molecule has 2 heterocycles. The molecule has 0 spiro atoms. The van der Waals surface area contributed by atoms with Crippen molar-refractivity contribution in [2.75, 3.05) is 17.7 Å². The third kappa shape index (κ3) is 3.48. The summed E-state index contributed by atoms with van der Waals surface area (Å²) in [6, 6.07) is 4.92. The molecule has 2 aromatic rings. The predicted octanol–water partition coefficient (Wildman–Crippen LogP) is 2.83. The smallest absolute Gasteiger partial charge is 0.321 e. The molecule has 1 aliphatic rings. The van der Waals surface area contributed by atoms with Crippen molar-refractivity contribution >= 4 is 34.6 Å². The number of hydrogen-bond donors (Lipinski definition) is 2. The summed E-state index contributed by atoms with van der Waals surface area (Å²) in [6.07, 6.45) is 1.25. The first kappa shape index (κ1) is 16.3. The van der Waals surface area contributed by atoms with Crippen LogP contribution in [0.2, 0.25) is 0 Å². The monoisotopic (exact) mass is 346 g/mol. The SMILES string of the molecule is Cc1ncc(CN(C)C(=O)Nc2ccc3c(c2)NC(=O)[C@H](C)O3)s1. The Morgan fingerprint density at radius 3 is 3.00 bits per heavy atom. The van der Waals surface area contributed by atoms with Crippen molar-refractivity contribution in [3.05, 3.63) is 34.3 Å². The summed E-state index contributed by atoms with van der Waals surface area (Å²) in [5.74, 6) is 0.386. The minimum Gasteiger partial charge on any atom is -0.479 e. The number of aromatic nitrogens is 1. The van der Waals surface area contributed by atoms with E-state index >= 15 is 0 Å². The Hall–Kier alpha value is -2.61. The number of carbonyl (C=O) groups is 2. The lowest BCUT2D eigenvalue weighted by Gasteiger charge is -2.24. The molecule has 3 amide bonds. The van der Waals surface area contributed by atoms with Gasteiger partial charge in [0, 0.05) is 23.8 Å². The van der Waals surface area contributed by atoms with E-state index in [0.717, 1.165) is 9.88 Å². The number of amides is 3. The van der Waals surface area contributed by atoms with Gasteiger partial charge in [-0.2, -0.15) is 0 Å². The normalized spacial score (nSPS) is 16.0. The summed E-state index contributed by atoms with van der Waals surface area (Å²) >= 11 is 1.56. The van der Waals surface area contributed by atoms with E-state index in [1.54, 1.807) is 54.6 Å². The maximum Gasteiger partial charge on any atom is 0.321 e. The van der Waals surface area contributed by atoms with Gasteiger partial charge in [0.1, 0.15) is 5.75 Å². The van der Waals surface area contributed by atoms with E-state index in [1.165, 1.54) is 0 Å². The van der Waals surface area contributed by atoms with Crippen LogP contribution in [-0.2, 0) is 11.3 Å². The van der Waals surface area contributed by atoms with Crippen molar-refractivity contribution in [3.63, 3.8) is 0 Å². The van der Waals surface area contributed by atoms with Gasteiger partial charge in [0.25, 0.3) is 5.91 Å². The lowest BCUT2D eigenvalue weighted by Crippen LogP contribution is -2.34. The highest BCUT2D eigenvalue weighted by Crippen LogP contribution is 2.32. The van der Waals surface area contributed by atoms with Crippen molar-refractivity contribution in [1.82, 2.24) is 9.88 Å². The van der Waals surface area contributed by atoms with Gasteiger partial charge in [-0.1, -0.05) is 0 Å². The number of fused-ring (bicyclic) bond motifs is 1. The van der Waals surface area contributed by atoms with Crippen molar-refractivity contribution in [2.24, 2.45) is 0 Å². The number of hydrogen-bond acceptors (Lipinski definition) is 5. The summed E-state index contributed by atoms with van der Waals surface area (Å²) in [7, 11) is 1.72. The minimum atomic E-state index is -0.521. The highest BCUT2D eigenvalue weighted by Gasteiger charge is 2.23. The molecule has 0 saturated carbocycles. The first-order chi connectivity index (χ1) is 11.4. The minimum absolute atomic E-state index is 0.205. The van der Waals surface area contributed by atoms with Crippen molar-refractivity contribution in [3.8, 4) is 5.75 Å². The van der Waals surface area contributed by atoms with E-state index in [9.17, 15) is 9.59 Å². The molecule has 1 aliphatic heterocycles. The third-order valence-electron chi connectivity index (χ3n) is 3.57. The zero-order chi connectivity index (χ0) is 17.3. The highest BCUT2D eigenvalue weighted by molar-refractivity contribution is 7.11. The number of benzene rings is 1. The van der Waals surface area contributed by atoms with Crippen LogP contribution >= 0.6 is 11.3 Å². The van der Waals surface area contributed by atoms with E-state index < -0.39 is 6.10 Å². The summed E-state index contributed by atoms with van der Waals surface area (Å²) in [4.78, 5) is 30.7. The van der Waals surface area contributed by atoms with Crippen molar-refractivity contribution in [1.29, 1.82) is 0 Å². The van der Waals surface area contributed by atoms with Crippen molar-refractivity contribution < 1.29 is 14.3 Å². The van der Waals surface area contributed by atoms with Gasteiger partial charge in [-0.15, -0.1) is 11.3 Å². The van der Waals surface area contributed by atoms with E-state index in [4.69, 9.17) is 4.74 Å².